The van der Waals surface area contributed by atoms with E-state index in [-0.39, 0.29) is 0 Å². The van der Waals surface area contributed by atoms with Gasteiger partial charge in [0.25, 0.3) is 0 Å². The standard InChI is InChI=1S/C35H20N4O/c1-2-10-21(11-3-1)32-24-18-19-36-20-27(24)37-35(38-32)39-28-16-8-6-14-25(28)30-31-26-15-7-9-17-29(26)40-34(31)23-13-5-4-12-22(23)33(30)39/h1-20H. The van der Waals surface area contributed by atoms with Crippen molar-refractivity contribution in [3.63, 3.8) is 0 Å². The molecule has 5 nitrogen and oxygen atoms in total. The van der Waals surface area contributed by atoms with E-state index in [1.54, 1.807) is 6.20 Å². The van der Waals surface area contributed by atoms with E-state index in [1.807, 2.05) is 42.6 Å². The van der Waals surface area contributed by atoms with Crippen LogP contribution in [0.1, 0.15) is 0 Å². The van der Waals surface area contributed by atoms with Gasteiger partial charge in [0.1, 0.15) is 11.2 Å². The molecule has 0 unspecified atom stereocenters. The van der Waals surface area contributed by atoms with E-state index in [0.717, 1.165) is 76.7 Å². The molecule has 0 aliphatic rings. The molecule has 0 amide bonds. The summed E-state index contributed by atoms with van der Waals surface area (Å²) in [6.45, 7) is 0. The second-order valence-corrected chi connectivity index (χ2v) is 10.1. The number of hydrogen-bond acceptors (Lipinski definition) is 4. The average Bonchev–Trinajstić information content (AvgIpc) is 3.58. The molecule has 9 rings (SSSR count). The van der Waals surface area contributed by atoms with Crippen molar-refractivity contribution in [1.82, 2.24) is 19.5 Å². The van der Waals surface area contributed by atoms with Gasteiger partial charge < -0.3 is 4.42 Å². The SMILES string of the molecule is c1ccc(-c2nc(-n3c4ccccc4c4c5c6ccccc6oc5c5ccccc5c43)nc3cnccc23)cc1. The Morgan fingerprint density at radius 3 is 2.17 bits per heavy atom. The molecule has 4 heterocycles. The molecule has 4 aromatic heterocycles. The molecule has 0 aliphatic carbocycles. The van der Waals surface area contributed by atoms with Gasteiger partial charge in [-0.25, -0.2) is 9.97 Å². The van der Waals surface area contributed by atoms with Crippen LogP contribution in [0, 0.1) is 0 Å². The minimum Gasteiger partial charge on any atom is -0.455 e. The van der Waals surface area contributed by atoms with Crippen LogP contribution in [-0.4, -0.2) is 19.5 Å². The highest BCUT2D eigenvalue weighted by Crippen LogP contribution is 2.45. The lowest BCUT2D eigenvalue weighted by Gasteiger charge is -2.12. The third-order valence-corrected chi connectivity index (χ3v) is 7.88. The number of benzene rings is 5. The van der Waals surface area contributed by atoms with Gasteiger partial charge >= 0.3 is 0 Å². The number of nitrogens with zero attached hydrogens (tertiary/aromatic N) is 4. The van der Waals surface area contributed by atoms with Crippen LogP contribution >= 0.6 is 0 Å². The molecule has 186 valence electrons. The smallest absolute Gasteiger partial charge is 0.235 e. The van der Waals surface area contributed by atoms with Crippen molar-refractivity contribution in [2.75, 3.05) is 0 Å². The molecule has 9 aromatic rings. The van der Waals surface area contributed by atoms with Crippen LogP contribution in [0.5, 0.6) is 0 Å². The highest BCUT2D eigenvalue weighted by molar-refractivity contribution is 6.35. The van der Waals surface area contributed by atoms with E-state index in [2.05, 4.69) is 82.3 Å². The van der Waals surface area contributed by atoms with Crippen LogP contribution in [-0.2, 0) is 0 Å². The summed E-state index contributed by atoms with van der Waals surface area (Å²) >= 11 is 0. The fourth-order valence-electron chi connectivity index (χ4n) is 6.21. The zero-order valence-electron chi connectivity index (χ0n) is 21.2. The highest BCUT2D eigenvalue weighted by atomic mass is 16.3. The summed E-state index contributed by atoms with van der Waals surface area (Å²) in [5.41, 5.74) is 6.62. The maximum atomic E-state index is 6.52. The number of pyridine rings is 1. The van der Waals surface area contributed by atoms with Crippen molar-refractivity contribution in [2.24, 2.45) is 0 Å². The number of rotatable bonds is 2. The lowest BCUT2D eigenvalue weighted by molar-refractivity contribution is 0.673. The van der Waals surface area contributed by atoms with Crippen LogP contribution in [0.25, 0.3) is 82.6 Å². The fraction of sp³-hybridized carbons (Fsp3) is 0. The van der Waals surface area contributed by atoms with Crippen LogP contribution in [0.4, 0.5) is 0 Å². The monoisotopic (exact) mass is 512 g/mol. The van der Waals surface area contributed by atoms with E-state index in [4.69, 9.17) is 14.4 Å². The Kier molecular flexibility index (Phi) is 4.27. The number of furan rings is 1. The van der Waals surface area contributed by atoms with Gasteiger partial charge in [0.2, 0.25) is 5.95 Å². The Bertz CT molecular complexity index is 2440. The molecular formula is C35H20N4O. The summed E-state index contributed by atoms with van der Waals surface area (Å²) in [6, 6.07) is 37.5. The predicted octanol–water partition coefficient (Wildman–Crippen LogP) is 8.84. The van der Waals surface area contributed by atoms with Gasteiger partial charge in [-0.05, 0) is 18.2 Å². The van der Waals surface area contributed by atoms with Gasteiger partial charge in [-0.15, -0.1) is 0 Å². The Balaban J connectivity index is 1.54. The van der Waals surface area contributed by atoms with Crippen LogP contribution in [0.15, 0.2) is 126 Å². The van der Waals surface area contributed by atoms with Gasteiger partial charge in [0.15, 0.2) is 0 Å². The van der Waals surface area contributed by atoms with Gasteiger partial charge in [-0.3, -0.25) is 9.55 Å². The lowest BCUT2D eigenvalue weighted by Crippen LogP contribution is -2.04. The molecule has 0 saturated carbocycles. The first-order valence-electron chi connectivity index (χ1n) is 13.3. The minimum atomic E-state index is 0.614. The van der Waals surface area contributed by atoms with E-state index >= 15 is 0 Å². The van der Waals surface area contributed by atoms with Gasteiger partial charge in [-0.1, -0.05) is 91.0 Å². The molecule has 0 spiro atoms. The Morgan fingerprint density at radius 1 is 0.575 bits per heavy atom. The normalized spacial score (nSPS) is 12.0. The van der Waals surface area contributed by atoms with E-state index in [9.17, 15) is 0 Å². The summed E-state index contributed by atoms with van der Waals surface area (Å²) in [5.74, 6) is 0.614. The molecule has 0 radical (unpaired) electrons. The number of fused-ring (bicyclic) bond motifs is 11. The molecule has 5 aromatic carbocycles. The predicted molar refractivity (Wildman–Crippen MR) is 162 cm³/mol. The average molecular weight is 513 g/mol. The van der Waals surface area contributed by atoms with E-state index in [1.165, 1.54) is 0 Å². The molecule has 0 saturated heterocycles. The molecule has 0 aliphatic heterocycles. The quantitative estimate of drug-likeness (QED) is 0.232. The second kappa shape index (κ2) is 7.98. The molecular weight excluding hydrogens is 492 g/mol. The van der Waals surface area contributed by atoms with E-state index < -0.39 is 0 Å². The van der Waals surface area contributed by atoms with Crippen molar-refractivity contribution in [3.8, 4) is 17.2 Å². The first-order valence-corrected chi connectivity index (χ1v) is 13.3. The fourth-order valence-corrected chi connectivity index (χ4v) is 6.21. The largest absolute Gasteiger partial charge is 0.455 e. The molecule has 0 N–H and O–H groups in total. The Morgan fingerprint density at radius 2 is 1.30 bits per heavy atom. The minimum absolute atomic E-state index is 0.614. The van der Waals surface area contributed by atoms with Gasteiger partial charge in [0, 0.05) is 49.5 Å². The van der Waals surface area contributed by atoms with Crippen molar-refractivity contribution in [3.05, 3.63) is 122 Å². The van der Waals surface area contributed by atoms with Gasteiger partial charge in [-0.2, -0.15) is 0 Å². The Labute approximate surface area is 228 Å². The Hall–Kier alpha value is -5.55. The number of aromatic nitrogens is 4. The lowest BCUT2D eigenvalue weighted by atomic mass is 9.99. The molecule has 40 heavy (non-hydrogen) atoms. The maximum absolute atomic E-state index is 6.52. The van der Waals surface area contributed by atoms with Crippen molar-refractivity contribution >= 4 is 65.4 Å². The van der Waals surface area contributed by atoms with Crippen LogP contribution < -0.4 is 0 Å². The highest BCUT2D eigenvalue weighted by Gasteiger charge is 2.24. The van der Waals surface area contributed by atoms with Crippen molar-refractivity contribution in [2.45, 2.75) is 0 Å². The summed E-state index contributed by atoms with van der Waals surface area (Å²) in [5, 5.41) is 7.63. The number of hydrogen-bond donors (Lipinski definition) is 0. The van der Waals surface area contributed by atoms with Gasteiger partial charge in [0.05, 0.1) is 28.4 Å². The molecule has 0 fully saturated rings. The first kappa shape index (κ1) is 21.4. The summed E-state index contributed by atoms with van der Waals surface area (Å²) < 4.78 is 8.74. The summed E-state index contributed by atoms with van der Waals surface area (Å²) in [6.07, 6.45) is 3.62. The summed E-state index contributed by atoms with van der Waals surface area (Å²) in [7, 11) is 0. The van der Waals surface area contributed by atoms with E-state index in [0.29, 0.717) is 5.95 Å². The third kappa shape index (κ3) is 2.83. The third-order valence-electron chi connectivity index (χ3n) is 7.88. The van der Waals surface area contributed by atoms with Crippen LogP contribution in [0.2, 0.25) is 0 Å². The maximum Gasteiger partial charge on any atom is 0.235 e. The second-order valence-electron chi connectivity index (χ2n) is 10.1. The molecule has 0 bridgehead atoms. The van der Waals surface area contributed by atoms with Crippen LogP contribution in [0.3, 0.4) is 0 Å². The van der Waals surface area contributed by atoms with Crippen molar-refractivity contribution < 1.29 is 4.42 Å². The first-order chi connectivity index (χ1) is 19.9. The zero-order valence-corrected chi connectivity index (χ0v) is 21.2. The molecule has 0 atom stereocenters. The topological polar surface area (TPSA) is 56.7 Å². The zero-order chi connectivity index (χ0) is 26.2. The number of para-hydroxylation sites is 2. The molecule has 5 heteroatoms. The van der Waals surface area contributed by atoms with Crippen molar-refractivity contribution in [1.29, 1.82) is 0 Å². The summed E-state index contributed by atoms with van der Waals surface area (Å²) in [4.78, 5) is 14.8.